The fraction of sp³-hybridized carbons (Fsp3) is 0.200. The molecule has 0 unspecified atom stereocenters. The molecule has 6 heteroatoms. The van der Waals surface area contributed by atoms with Gasteiger partial charge in [0, 0.05) is 34.7 Å². The number of nitrogens with one attached hydrogen (secondary N) is 1. The molecule has 0 bridgehead atoms. The highest BCUT2D eigenvalue weighted by molar-refractivity contribution is 9.10. The van der Waals surface area contributed by atoms with Gasteiger partial charge in [-0.25, -0.2) is 4.68 Å². The number of aromatic nitrogens is 2. The first-order valence-electron chi connectivity index (χ1n) is 8.63. The van der Waals surface area contributed by atoms with Gasteiger partial charge in [0.15, 0.2) is 5.49 Å². The van der Waals surface area contributed by atoms with Gasteiger partial charge in [0.1, 0.15) is 5.58 Å². The third kappa shape index (κ3) is 2.80. The van der Waals surface area contributed by atoms with E-state index in [2.05, 4.69) is 45.8 Å². The molecule has 0 saturated carbocycles. The Labute approximate surface area is 159 Å². The average Bonchev–Trinajstić information content (AvgIpc) is 2.97. The zero-order valence-corrected chi connectivity index (χ0v) is 16.2. The van der Waals surface area contributed by atoms with Crippen molar-refractivity contribution in [3.05, 3.63) is 58.5 Å². The van der Waals surface area contributed by atoms with Gasteiger partial charge < -0.3 is 9.32 Å². The molecule has 4 rings (SSSR count). The van der Waals surface area contributed by atoms with Crippen LogP contribution in [-0.2, 0) is 0 Å². The third-order valence-corrected chi connectivity index (χ3v) is 5.12. The molecule has 2 heterocycles. The van der Waals surface area contributed by atoms with Crippen LogP contribution in [0.25, 0.3) is 28.1 Å². The van der Waals surface area contributed by atoms with Crippen LogP contribution in [0.2, 0.25) is 0 Å². The van der Waals surface area contributed by atoms with Gasteiger partial charge in [-0.05, 0) is 56.3 Å². The lowest BCUT2D eigenvalue weighted by atomic mass is 10.1. The summed E-state index contributed by atoms with van der Waals surface area (Å²) in [5.74, 6) is 0.474. The van der Waals surface area contributed by atoms with Gasteiger partial charge in [-0.15, -0.1) is 5.10 Å². The van der Waals surface area contributed by atoms with Crippen LogP contribution in [0, 0.1) is 5.41 Å². The first-order valence-corrected chi connectivity index (χ1v) is 9.42. The second-order valence-electron chi connectivity index (χ2n) is 6.10. The molecular formula is C20H19BrN4O. The van der Waals surface area contributed by atoms with E-state index in [1.165, 1.54) is 0 Å². The van der Waals surface area contributed by atoms with Crippen LogP contribution >= 0.6 is 15.9 Å². The van der Waals surface area contributed by atoms with Crippen LogP contribution in [0.5, 0.6) is 0 Å². The molecule has 2 aliphatic heterocycles. The topological polar surface area (TPSA) is 58.1 Å². The molecule has 0 saturated heterocycles. The van der Waals surface area contributed by atoms with Crippen LogP contribution < -0.4 is 10.4 Å². The van der Waals surface area contributed by atoms with E-state index in [0.29, 0.717) is 16.9 Å². The number of fused-ring (bicyclic) bond motifs is 2. The van der Waals surface area contributed by atoms with Crippen molar-refractivity contribution in [2.75, 3.05) is 18.0 Å². The molecule has 132 valence electrons. The third-order valence-electron chi connectivity index (χ3n) is 4.59. The number of benzene rings is 2. The Morgan fingerprint density at radius 1 is 1.08 bits per heavy atom. The van der Waals surface area contributed by atoms with E-state index in [4.69, 9.17) is 9.83 Å². The molecule has 0 fully saturated rings. The van der Waals surface area contributed by atoms with Gasteiger partial charge in [0.2, 0.25) is 5.89 Å². The highest BCUT2D eigenvalue weighted by atomic mass is 79.9. The average molecular weight is 411 g/mol. The summed E-state index contributed by atoms with van der Waals surface area (Å²) < 4.78 is 8.64. The number of halogens is 1. The van der Waals surface area contributed by atoms with Crippen LogP contribution in [-0.4, -0.2) is 22.9 Å². The summed E-state index contributed by atoms with van der Waals surface area (Å²) in [7, 11) is 0. The van der Waals surface area contributed by atoms with Crippen molar-refractivity contribution in [3.8, 4) is 17.1 Å². The molecule has 1 N–H and O–H groups in total. The zero-order chi connectivity index (χ0) is 18.3. The van der Waals surface area contributed by atoms with Gasteiger partial charge in [-0.2, -0.15) is 0 Å². The van der Waals surface area contributed by atoms with Crippen molar-refractivity contribution < 1.29 is 4.42 Å². The molecule has 0 spiro atoms. The van der Waals surface area contributed by atoms with Crippen LogP contribution in [0.4, 0.5) is 5.69 Å². The van der Waals surface area contributed by atoms with E-state index < -0.39 is 0 Å². The van der Waals surface area contributed by atoms with Crippen molar-refractivity contribution >= 4 is 32.6 Å². The van der Waals surface area contributed by atoms with Crippen molar-refractivity contribution in [2.24, 2.45) is 0 Å². The normalized spacial score (nSPS) is 11.3. The minimum Gasteiger partial charge on any atom is -0.436 e. The maximum Gasteiger partial charge on any atom is 0.248 e. The minimum absolute atomic E-state index is 0.320. The molecule has 2 aliphatic rings. The summed E-state index contributed by atoms with van der Waals surface area (Å²) in [6, 6.07) is 15.9. The van der Waals surface area contributed by atoms with Crippen LogP contribution in [0.15, 0.2) is 57.4 Å². The Kier molecular flexibility index (Phi) is 4.28. The van der Waals surface area contributed by atoms with Crippen LogP contribution in [0.3, 0.4) is 0 Å². The van der Waals surface area contributed by atoms with E-state index >= 15 is 0 Å². The van der Waals surface area contributed by atoms with Crippen molar-refractivity contribution in [2.45, 2.75) is 13.8 Å². The van der Waals surface area contributed by atoms with Gasteiger partial charge >= 0.3 is 0 Å². The Hall–Kier alpha value is -2.60. The second-order valence-corrected chi connectivity index (χ2v) is 7.01. The number of rotatable bonds is 4. The Morgan fingerprint density at radius 3 is 2.50 bits per heavy atom. The standard InChI is InChI=1S/C20H19BrN4O/c1-3-24(4-2)16-8-5-13-11-17-19(22)25(15-9-6-14(21)7-10-15)23-20(17)26-18(13)12-16/h5-12,22H,3-4H2,1-2H3. The first kappa shape index (κ1) is 16.8. The predicted molar refractivity (Wildman–Crippen MR) is 107 cm³/mol. The Balaban J connectivity index is 1.88. The number of hydrogen-bond acceptors (Lipinski definition) is 4. The monoisotopic (exact) mass is 410 g/mol. The molecule has 0 aliphatic carbocycles. The highest BCUT2D eigenvalue weighted by Crippen LogP contribution is 2.28. The van der Waals surface area contributed by atoms with E-state index in [9.17, 15) is 0 Å². The highest BCUT2D eigenvalue weighted by Gasteiger charge is 2.17. The lowest BCUT2D eigenvalue weighted by Crippen LogP contribution is -2.21. The van der Waals surface area contributed by atoms with Crippen molar-refractivity contribution in [3.63, 3.8) is 0 Å². The van der Waals surface area contributed by atoms with Gasteiger partial charge in [0.25, 0.3) is 0 Å². The molecule has 2 aromatic carbocycles. The lowest BCUT2D eigenvalue weighted by Gasteiger charge is -2.21. The van der Waals surface area contributed by atoms with E-state index in [1.807, 2.05) is 42.5 Å². The summed E-state index contributed by atoms with van der Waals surface area (Å²) >= 11 is 3.43. The van der Waals surface area contributed by atoms with Gasteiger partial charge in [0.05, 0.1) is 11.3 Å². The van der Waals surface area contributed by atoms with E-state index in [1.54, 1.807) is 4.68 Å². The quantitative estimate of drug-likeness (QED) is 0.524. The SMILES string of the molecule is CCN(CC)c1ccc2cc3c(=N)n(-c4ccc(Br)cc4)nc-3oc2c1. The van der Waals surface area contributed by atoms with Crippen LogP contribution in [0.1, 0.15) is 13.8 Å². The summed E-state index contributed by atoms with van der Waals surface area (Å²) in [5, 5.41) is 14.0. The Bertz CT molecular complexity index is 1090. The number of hydrogen-bond donors (Lipinski definition) is 1. The van der Waals surface area contributed by atoms with Crippen molar-refractivity contribution in [1.29, 1.82) is 5.41 Å². The Morgan fingerprint density at radius 2 is 1.81 bits per heavy atom. The summed E-state index contributed by atoms with van der Waals surface area (Å²) in [4.78, 5) is 2.27. The molecule has 26 heavy (non-hydrogen) atoms. The molecule has 0 amide bonds. The van der Waals surface area contributed by atoms with Crippen molar-refractivity contribution in [1.82, 2.24) is 9.78 Å². The fourth-order valence-electron chi connectivity index (χ4n) is 3.16. The molecule has 2 aromatic rings. The summed E-state index contributed by atoms with van der Waals surface area (Å²) in [6.45, 7) is 6.17. The number of anilines is 1. The minimum atomic E-state index is 0.320. The predicted octanol–water partition coefficient (Wildman–Crippen LogP) is 4.81. The largest absolute Gasteiger partial charge is 0.436 e. The number of nitrogens with zero attached hydrogens (tertiary/aromatic N) is 3. The molecule has 5 nitrogen and oxygen atoms in total. The zero-order valence-electron chi connectivity index (χ0n) is 14.7. The maximum atomic E-state index is 8.48. The van der Waals surface area contributed by atoms with E-state index in [-0.39, 0.29) is 0 Å². The lowest BCUT2D eigenvalue weighted by molar-refractivity contribution is 0.590. The molecule has 0 radical (unpaired) electrons. The summed E-state index contributed by atoms with van der Waals surface area (Å²) in [5.41, 5.74) is 3.76. The first-order chi connectivity index (χ1) is 12.6. The van der Waals surface area contributed by atoms with E-state index in [0.717, 1.165) is 39.9 Å². The smallest absolute Gasteiger partial charge is 0.248 e. The fourth-order valence-corrected chi connectivity index (χ4v) is 3.42. The molecule has 0 atom stereocenters. The van der Waals surface area contributed by atoms with Gasteiger partial charge in [-0.3, -0.25) is 5.41 Å². The maximum absolute atomic E-state index is 8.48. The molecular weight excluding hydrogens is 392 g/mol. The molecule has 0 aromatic heterocycles. The van der Waals surface area contributed by atoms with Gasteiger partial charge in [-0.1, -0.05) is 15.9 Å². The summed E-state index contributed by atoms with van der Waals surface area (Å²) in [6.07, 6.45) is 0. The second kappa shape index (κ2) is 6.61.